The van der Waals surface area contributed by atoms with Gasteiger partial charge in [-0.2, -0.15) is 5.26 Å². The molecule has 0 aliphatic carbocycles. The summed E-state index contributed by atoms with van der Waals surface area (Å²) in [4.78, 5) is 20.6. The second-order valence-electron chi connectivity index (χ2n) is 9.41. The van der Waals surface area contributed by atoms with Crippen molar-refractivity contribution >= 4 is 11.3 Å². The molecule has 6 rings (SSSR count). The molecule has 2 aromatic carbocycles. The number of hydrogen-bond donors (Lipinski definition) is 0. The molecule has 0 bridgehead atoms. The fourth-order valence-corrected chi connectivity index (χ4v) is 4.55. The van der Waals surface area contributed by atoms with E-state index in [1.165, 1.54) is 0 Å². The topological polar surface area (TPSA) is 119 Å². The van der Waals surface area contributed by atoms with Gasteiger partial charge in [0, 0.05) is 24.2 Å². The number of fused-ring (bicyclic) bond motifs is 1. The van der Waals surface area contributed by atoms with E-state index >= 15 is 0 Å². The summed E-state index contributed by atoms with van der Waals surface area (Å²) in [6, 6.07) is 17.4. The molecule has 10 heteroatoms. The highest BCUT2D eigenvalue weighted by Gasteiger charge is 2.18. The highest BCUT2D eigenvalue weighted by molar-refractivity contribution is 5.70. The summed E-state index contributed by atoms with van der Waals surface area (Å²) < 4.78 is 7.81. The molecule has 0 spiro atoms. The van der Waals surface area contributed by atoms with E-state index in [4.69, 9.17) is 9.72 Å². The number of nitriles is 1. The van der Waals surface area contributed by atoms with E-state index < -0.39 is 0 Å². The number of piperidine rings is 1. The Labute approximate surface area is 219 Å². The lowest BCUT2D eigenvalue weighted by Gasteiger charge is -2.29. The van der Waals surface area contributed by atoms with E-state index in [1.807, 2.05) is 36.4 Å². The second-order valence-corrected chi connectivity index (χ2v) is 9.41. The Hall–Kier alpha value is -4.75. The summed E-state index contributed by atoms with van der Waals surface area (Å²) in [5.41, 5.74) is 4.97. The molecule has 0 unspecified atom stereocenters. The van der Waals surface area contributed by atoms with Gasteiger partial charge < -0.3 is 9.64 Å². The number of ether oxygens (including phenoxy) is 1. The zero-order valence-electron chi connectivity index (χ0n) is 20.9. The summed E-state index contributed by atoms with van der Waals surface area (Å²) in [7, 11) is 2.13. The Kier molecular flexibility index (Phi) is 6.42. The van der Waals surface area contributed by atoms with Crippen LogP contribution in [0.1, 0.15) is 24.0 Å². The monoisotopic (exact) mass is 503 g/mol. The maximum absolute atomic E-state index is 9.22. The SMILES string of the molecule is CN1CCC(Oc2cnc(-c3cccc(Cn4nnc5ncc(-c6cccc(C#N)c6)nc54)c3)nc2)CC1. The molecule has 4 heterocycles. The molecule has 0 radical (unpaired) electrons. The summed E-state index contributed by atoms with van der Waals surface area (Å²) in [5, 5.41) is 17.7. The van der Waals surface area contributed by atoms with Gasteiger partial charge >= 0.3 is 0 Å². The van der Waals surface area contributed by atoms with Crippen molar-refractivity contribution in [2.24, 2.45) is 0 Å². The number of likely N-dealkylation sites (tertiary alicyclic amines) is 1. The van der Waals surface area contributed by atoms with E-state index in [0.717, 1.165) is 42.6 Å². The summed E-state index contributed by atoms with van der Waals surface area (Å²) in [6.45, 7) is 2.54. The lowest BCUT2D eigenvalue weighted by atomic mass is 10.1. The molecule has 1 saturated heterocycles. The van der Waals surface area contributed by atoms with Gasteiger partial charge in [0.2, 0.25) is 5.65 Å². The lowest BCUT2D eigenvalue weighted by Crippen LogP contribution is -2.35. The molecule has 1 fully saturated rings. The average molecular weight is 504 g/mol. The first-order valence-electron chi connectivity index (χ1n) is 12.5. The Morgan fingerprint density at radius 2 is 1.76 bits per heavy atom. The standard InChI is InChI=1S/C28H25N9O/c1-36-10-8-23(9-11-36)38-24-15-30-26(31-16-24)22-7-3-5-20(13-22)18-37-28-27(34-35-37)32-17-25(33-28)21-6-2-4-19(12-21)14-29/h2-7,12-13,15-17,23H,8-11,18H2,1H3. The largest absolute Gasteiger partial charge is 0.487 e. The van der Waals surface area contributed by atoms with Gasteiger partial charge in [0.1, 0.15) is 6.10 Å². The third kappa shape index (κ3) is 5.05. The Bertz CT molecular complexity index is 1620. The zero-order valence-corrected chi connectivity index (χ0v) is 20.9. The summed E-state index contributed by atoms with van der Waals surface area (Å²) >= 11 is 0. The first-order chi connectivity index (χ1) is 18.6. The van der Waals surface area contributed by atoms with Crippen LogP contribution in [0.4, 0.5) is 0 Å². The molecule has 188 valence electrons. The molecule has 0 amide bonds. The normalized spacial score (nSPS) is 14.4. The molecule has 10 nitrogen and oxygen atoms in total. The van der Waals surface area contributed by atoms with Crippen LogP contribution in [0, 0.1) is 11.3 Å². The average Bonchev–Trinajstić information content (AvgIpc) is 3.36. The molecule has 5 aromatic rings. The molecule has 1 aliphatic heterocycles. The third-order valence-electron chi connectivity index (χ3n) is 6.63. The van der Waals surface area contributed by atoms with Gasteiger partial charge in [-0.05, 0) is 43.7 Å². The van der Waals surface area contributed by atoms with Crippen LogP contribution >= 0.6 is 0 Å². The molecular formula is C28H25N9O. The van der Waals surface area contributed by atoms with E-state index in [2.05, 4.69) is 43.3 Å². The van der Waals surface area contributed by atoms with Gasteiger partial charge in [0.15, 0.2) is 17.2 Å². The fraction of sp³-hybridized carbons (Fsp3) is 0.250. The van der Waals surface area contributed by atoms with Crippen molar-refractivity contribution in [3.8, 4) is 34.5 Å². The fourth-order valence-electron chi connectivity index (χ4n) is 4.55. The van der Waals surface area contributed by atoms with Crippen molar-refractivity contribution in [3.05, 3.63) is 78.2 Å². The predicted octanol–water partition coefficient (Wildman–Crippen LogP) is 3.74. The number of rotatable bonds is 6. The van der Waals surface area contributed by atoms with Crippen LogP contribution in [-0.2, 0) is 6.54 Å². The summed E-state index contributed by atoms with van der Waals surface area (Å²) in [5.74, 6) is 1.33. The van der Waals surface area contributed by atoms with Crippen LogP contribution in [0.25, 0.3) is 33.9 Å². The molecule has 0 saturated carbocycles. The van der Waals surface area contributed by atoms with Crippen LogP contribution in [0.3, 0.4) is 0 Å². The quantitative estimate of drug-likeness (QED) is 0.341. The maximum atomic E-state index is 9.22. The maximum Gasteiger partial charge on any atom is 0.221 e. The van der Waals surface area contributed by atoms with Gasteiger partial charge in [-0.25, -0.2) is 24.6 Å². The summed E-state index contributed by atoms with van der Waals surface area (Å²) in [6.07, 6.45) is 7.37. The van der Waals surface area contributed by atoms with E-state index in [-0.39, 0.29) is 6.10 Å². The number of aromatic nitrogens is 7. The molecule has 0 atom stereocenters. The first-order valence-corrected chi connectivity index (χ1v) is 12.5. The van der Waals surface area contributed by atoms with Crippen LogP contribution in [0.2, 0.25) is 0 Å². The van der Waals surface area contributed by atoms with Crippen molar-refractivity contribution in [3.63, 3.8) is 0 Å². The predicted molar refractivity (Wildman–Crippen MR) is 141 cm³/mol. The molecule has 0 N–H and O–H groups in total. The van der Waals surface area contributed by atoms with Crippen LogP contribution < -0.4 is 4.74 Å². The number of hydrogen-bond acceptors (Lipinski definition) is 9. The van der Waals surface area contributed by atoms with E-state index in [9.17, 15) is 5.26 Å². The van der Waals surface area contributed by atoms with Gasteiger partial charge in [0.25, 0.3) is 0 Å². The Morgan fingerprint density at radius 3 is 2.58 bits per heavy atom. The van der Waals surface area contributed by atoms with Gasteiger partial charge in [-0.15, -0.1) is 5.10 Å². The van der Waals surface area contributed by atoms with Crippen LogP contribution in [0.5, 0.6) is 5.75 Å². The molecular weight excluding hydrogens is 478 g/mol. The minimum Gasteiger partial charge on any atom is -0.487 e. The minimum atomic E-state index is 0.209. The van der Waals surface area contributed by atoms with E-state index in [1.54, 1.807) is 35.4 Å². The first kappa shape index (κ1) is 23.6. The molecule has 38 heavy (non-hydrogen) atoms. The van der Waals surface area contributed by atoms with Crippen molar-refractivity contribution in [1.82, 2.24) is 39.8 Å². The van der Waals surface area contributed by atoms with Gasteiger partial charge in [-0.1, -0.05) is 35.5 Å². The van der Waals surface area contributed by atoms with E-state index in [0.29, 0.717) is 40.7 Å². The Morgan fingerprint density at radius 1 is 0.974 bits per heavy atom. The number of nitrogens with zero attached hydrogens (tertiary/aromatic N) is 9. The van der Waals surface area contributed by atoms with Crippen molar-refractivity contribution in [2.45, 2.75) is 25.5 Å². The second kappa shape index (κ2) is 10.3. The minimum absolute atomic E-state index is 0.209. The van der Waals surface area contributed by atoms with Gasteiger partial charge in [0.05, 0.1) is 42.5 Å². The Balaban J connectivity index is 1.20. The zero-order chi connectivity index (χ0) is 25.9. The number of benzene rings is 2. The highest BCUT2D eigenvalue weighted by Crippen LogP contribution is 2.23. The molecule has 3 aromatic heterocycles. The van der Waals surface area contributed by atoms with Gasteiger partial charge in [-0.3, -0.25) is 0 Å². The van der Waals surface area contributed by atoms with Crippen LogP contribution in [-0.4, -0.2) is 66.1 Å². The highest BCUT2D eigenvalue weighted by atomic mass is 16.5. The van der Waals surface area contributed by atoms with Crippen LogP contribution in [0.15, 0.2) is 67.1 Å². The smallest absolute Gasteiger partial charge is 0.221 e. The van der Waals surface area contributed by atoms with Crippen molar-refractivity contribution in [2.75, 3.05) is 20.1 Å². The third-order valence-corrected chi connectivity index (χ3v) is 6.63. The van der Waals surface area contributed by atoms with Crippen molar-refractivity contribution < 1.29 is 4.74 Å². The molecule has 1 aliphatic rings. The lowest BCUT2D eigenvalue weighted by molar-refractivity contribution is 0.113. The van der Waals surface area contributed by atoms with Crippen molar-refractivity contribution in [1.29, 1.82) is 5.26 Å².